The van der Waals surface area contributed by atoms with Gasteiger partial charge >= 0.3 is 0 Å². The number of aliphatic hydroxyl groups is 5. The van der Waals surface area contributed by atoms with Gasteiger partial charge in [0.25, 0.3) is 0 Å². The Balaban J connectivity index is 1.87. The third-order valence-corrected chi connectivity index (χ3v) is 3.32. The summed E-state index contributed by atoms with van der Waals surface area (Å²) in [5.74, 6) is 0. The third-order valence-electron chi connectivity index (χ3n) is 3.32. The molecule has 2 saturated heterocycles. The zero-order chi connectivity index (χ0) is 12.6. The molecule has 5 atom stereocenters. The average molecular weight is 250 g/mol. The molecule has 0 aromatic rings. The molecule has 0 unspecified atom stereocenters. The van der Waals surface area contributed by atoms with Gasteiger partial charge in [-0.1, -0.05) is 0 Å². The fourth-order valence-corrected chi connectivity index (χ4v) is 2.06. The molecular formula is C10H18O7. The van der Waals surface area contributed by atoms with Gasteiger partial charge in [0.15, 0.2) is 6.29 Å². The van der Waals surface area contributed by atoms with Crippen molar-refractivity contribution in [3.05, 3.63) is 0 Å². The summed E-state index contributed by atoms with van der Waals surface area (Å²) in [4.78, 5) is 0. The molecule has 7 nitrogen and oxygen atoms in total. The lowest BCUT2D eigenvalue weighted by molar-refractivity contribution is -0.286. The fourth-order valence-electron chi connectivity index (χ4n) is 2.06. The standard InChI is InChI=1S/C10H18O7/c11-6-5(1-2-10(15)3-16-4-10)17-9(14)8(13)7(6)12/h5-9,11-15H,1-4H2/t5-,6-,7+,8+,9+/m1/s1. The van der Waals surface area contributed by atoms with E-state index in [1.807, 2.05) is 0 Å². The zero-order valence-corrected chi connectivity index (χ0v) is 9.27. The van der Waals surface area contributed by atoms with E-state index in [1.54, 1.807) is 0 Å². The van der Waals surface area contributed by atoms with E-state index in [0.29, 0.717) is 6.42 Å². The fraction of sp³-hybridized carbons (Fsp3) is 1.00. The number of ether oxygens (including phenoxy) is 2. The second-order valence-corrected chi connectivity index (χ2v) is 4.79. The van der Waals surface area contributed by atoms with Crippen LogP contribution in [0.15, 0.2) is 0 Å². The van der Waals surface area contributed by atoms with E-state index < -0.39 is 36.3 Å². The van der Waals surface area contributed by atoms with E-state index in [-0.39, 0.29) is 19.6 Å². The highest BCUT2D eigenvalue weighted by Gasteiger charge is 2.44. The zero-order valence-electron chi connectivity index (χ0n) is 9.27. The van der Waals surface area contributed by atoms with Crippen LogP contribution in [0.5, 0.6) is 0 Å². The molecule has 7 heteroatoms. The molecule has 0 aliphatic carbocycles. The van der Waals surface area contributed by atoms with Crippen LogP contribution in [0.4, 0.5) is 0 Å². The smallest absolute Gasteiger partial charge is 0.183 e. The minimum absolute atomic E-state index is 0.240. The van der Waals surface area contributed by atoms with Crippen LogP contribution in [0.3, 0.4) is 0 Å². The largest absolute Gasteiger partial charge is 0.388 e. The molecule has 2 aliphatic rings. The van der Waals surface area contributed by atoms with Crippen LogP contribution >= 0.6 is 0 Å². The SMILES string of the molecule is O[C@@H]1[C@H](O)[C@@H](O)O[C@H](CCC2(O)COC2)[C@H]1O. The summed E-state index contributed by atoms with van der Waals surface area (Å²) >= 11 is 0. The summed E-state index contributed by atoms with van der Waals surface area (Å²) in [5.41, 5.74) is -0.908. The van der Waals surface area contributed by atoms with E-state index in [9.17, 15) is 25.5 Å². The van der Waals surface area contributed by atoms with Gasteiger partial charge in [0.05, 0.1) is 19.3 Å². The molecule has 0 amide bonds. The van der Waals surface area contributed by atoms with Gasteiger partial charge in [-0.3, -0.25) is 0 Å². The minimum Gasteiger partial charge on any atom is -0.388 e. The summed E-state index contributed by atoms with van der Waals surface area (Å²) in [6, 6.07) is 0. The Kier molecular flexibility index (Phi) is 3.69. The van der Waals surface area contributed by atoms with Gasteiger partial charge in [0.2, 0.25) is 0 Å². The molecule has 2 rings (SSSR count). The first-order chi connectivity index (χ1) is 7.93. The van der Waals surface area contributed by atoms with Gasteiger partial charge in [-0.05, 0) is 12.8 Å². The monoisotopic (exact) mass is 250 g/mol. The average Bonchev–Trinajstić information content (AvgIpc) is 2.27. The van der Waals surface area contributed by atoms with Crippen molar-refractivity contribution in [2.45, 2.75) is 49.1 Å². The van der Waals surface area contributed by atoms with E-state index in [1.165, 1.54) is 0 Å². The van der Waals surface area contributed by atoms with Crippen molar-refractivity contribution in [1.82, 2.24) is 0 Å². The maximum absolute atomic E-state index is 9.77. The van der Waals surface area contributed by atoms with Crippen molar-refractivity contribution >= 4 is 0 Å². The summed E-state index contributed by atoms with van der Waals surface area (Å²) in [7, 11) is 0. The van der Waals surface area contributed by atoms with Crippen LogP contribution in [0.2, 0.25) is 0 Å². The Morgan fingerprint density at radius 3 is 2.18 bits per heavy atom. The van der Waals surface area contributed by atoms with E-state index in [0.717, 1.165) is 0 Å². The Morgan fingerprint density at radius 2 is 1.65 bits per heavy atom. The Labute approximate surface area is 98.2 Å². The van der Waals surface area contributed by atoms with Gasteiger partial charge in [-0.25, -0.2) is 0 Å². The number of aliphatic hydroxyl groups excluding tert-OH is 4. The summed E-state index contributed by atoms with van der Waals surface area (Å²) < 4.78 is 9.86. The van der Waals surface area contributed by atoms with Crippen molar-refractivity contribution in [2.75, 3.05) is 13.2 Å². The highest BCUT2D eigenvalue weighted by Crippen LogP contribution is 2.28. The predicted octanol–water partition coefficient (Wildman–Crippen LogP) is -2.67. The van der Waals surface area contributed by atoms with Gasteiger partial charge in [0, 0.05) is 0 Å². The number of hydrogen-bond donors (Lipinski definition) is 5. The summed E-state index contributed by atoms with van der Waals surface area (Å²) in [6.07, 6.45) is -5.98. The molecule has 2 heterocycles. The molecule has 5 N–H and O–H groups in total. The van der Waals surface area contributed by atoms with Gasteiger partial charge in [-0.2, -0.15) is 0 Å². The lowest BCUT2D eigenvalue weighted by Gasteiger charge is -2.41. The van der Waals surface area contributed by atoms with Crippen molar-refractivity contribution in [1.29, 1.82) is 0 Å². The molecule has 0 aromatic carbocycles. The first-order valence-electron chi connectivity index (χ1n) is 5.61. The van der Waals surface area contributed by atoms with Gasteiger partial charge < -0.3 is 35.0 Å². The number of hydrogen-bond acceptors (Lipinski definition) is 7. The molecule has 0 spiro atoms. The van der Waals surface area contributed by atoms with Gasteiger partial charge in [-0.15, -0.1) is 0 Å². The van der Waals surface area contributed by atoms with E-state index in [2.05, 4.69) is 0 Å². The first kappa shape index (κ1) is 13.2. The Hall–Kier alpha value is -0.280. The molecule has 0 radical (unpaired) electrons. The molecular weight excluding hydrogens is 232 g/mol. The van der Waals surface area contributed by atoms with Crippen LogP contribution in [0.1, 0.15) is 12.8 Å². The molecule has 17 heavy (non-hydrogen) atoms. The predicted molar refractivity (Wildman–Crippen MR) is 53.9 cm³/mol. The topological polar surface area (TPSA) is 120 Å². The molecule has 2 fully saturated rings. The van der Waals surface area contributed by atoms with Crippen molar-refractivity contribution in [3.8, 4) is 0 Å². The van der Waals surface area contributed by atoms with Crippen LogP contribution in [0, 0.1) is 0 Å². The van der Waals surface area contributed by atoms with Crippen LogP contribution in [-0.4, -0.2) is 75.1 Å². The van der Waals surface area contributed by atoms with Crippen LogP contribution in [-0.2, 0) is 9.47 Å². The Bertz CT molecular complexity index is 267. The highest BCUT2D eigenvalue weighted by atomic mass is 16.6. The van der Waals surface area contributed by atoms with Crippen LogP contribution in [0.25, 0.3) is 0 Å². The lowest BCUT2D eigenvalue weighted by Crippen LogP contribution is -2.58. The first-order valence-corrected chi connectivity index (χ1v) is 5.61. The minimum atomic E-state index is -1.52. The summed E-state index contributed by atoms with van der Waals surface area (Å²) in [6.45, 7) is 0.479. The molecule has 100 valence electrons. The van der Waals surface area contributed by atoms with E-state index >= 15 is 0 Å². The molecule has 0 bridgehead atoms. The van der Waals surface area contributed by atoms with Crippen LogP contribution < -0.4 is 0 Å². The van der Waals surface area contributed by atoms with Gasteiger partial charge in [0.1, 0.15) is 23.9 Å². The Morgan fingerprint density at radius 1 is 1.00 bits per heavy atom. The van der Waals surface area contributed by atoms with Crippen molar-refractivity contribution < 1.29 is 35.0 Å². The molecule has 0 aromatic heterocycles. The summed E-state index contributed by atoms with van der Waals surface area (Å²) in [5, 5.41) is 47.5. The van der Waals surface area contributed by atoms with Crippen molar-refractivity contribution in [2.24, 2.45) is 0 Å². The second-order valence-electron chi connectivity index (χ2n) is 4.79. The maximum Gasteiger partial charge on any atom is 0.183 e. The second kappa shape index (κ2) is 4.77. The normalized spacial score (nSPS) is 45.4. The highest BCUT2D eigenvalue weighted by molar-refractivity contribution is 4.92. The number of rotatable bonds is 3. The lowest BCUT2D eigenvalue weighted by atomic mass is 9.89. The molecule has 0 saturated carbocycles. The van der Waals surface area contributed by atoms with E-state index in [4.69, 9.17) is 9.47 Å². The molecule has 2 aliphatic heterocycles. The third kappa shape index (κ3) is 2.60. The maximum atomic E-state index is 9.77. The van der Waals surface area contributed by atoms with Crippen molar-refractivity contribution in [3.63, 3.8) is 0 Å². The quantitative estimate of drug-likeness (QED) is 0.370.